The number of methoxy groups -OCH3 is 3. The number of benzene rings is 3. The lowest BCUT2D eigenvalue weighted by Crippen LogP contribution is -2.43. The van der Waals surface area contributed by atoms with Crippen LogP contribution in [0.5, 0.6) is 11.5 Å². The lowest BCUT2D eigenvalue weighted by Gasteiger charge is -2.38. The van der Waals surface area contributed by atoms with Gasteiger partial charge in [0, 0.05) is 12.2 Å². The monoisotopic (exact) mass is 446 g/mol. The summed E-state index contributed by atoms with van der Waals surface area (Å²) in [4.78, 5) is 27.1. The highest BCUT2D eigenvalue weighted by Gasteiger charge is 2.33. The third kappa shape index (κ3) is 4.48. The van der Waals surface area contributed by atoms with Gasteiger partial charge in [0.1, 0.15) is 0 Å². The molecule has 3 aromatic carbocycles. The topological polar surface area (TPSA) is 77.1 Å². The lowest BCUT2D eigenvalue weighted by atomic mass is 9.88. The Morgan fingerprint density at radius 2 is 1.64 bits per heavy atom. The van der Waals surface area contributed by atoms with Gasteiger partial charge >= 0.3 is 12.0 Å². The molecule has 0 aliphatic carbocycles. The van der Waals surface area contributed by atoms with E-state index in [1.54, 1.807) is 43.4 Å². The van der Waals surface area contributed by atoms with Crippen LogP contribution in [-0.4, -0.2) is 44.8 Å². The van der Waals surface area contributed by atoms with Crippen molar-refractivity contribution in [1.29, 1.82) is 0 Å². The first kappa shape index (κ1) is 22.2. The second-order valence-electron chi connectivity index (χ2n) is 7.67. The molecule has 7 nitrogen and oxygen atoms in total. The Balaban J connectivity index is 1.71. The van der Waals surface area contributed by atoms with Gasteiger partial charge in [-0.1, -0.05) is 36.4 Å². The number of carbonyl (C=O) groups is 2. The first-order valence-corrected chi connectivity index (χ1v) is 10.6. The zero-order chi connectivity index (χ0) is 23.4. The average molecular weight is 447 g/mol. The quantitative estimate of drug-likeness (QED) is 0.577. The van der Waals surface area contributed by atoms with Crippen LogP contribution in [-0.2, 0) is 11.2 Å². The number of rotatable bonds is 5. The number of hydrogen-bond acceptors (Lipinski definition) is 5. The molecule has 0 spiro atoms. The molecule has 1 N–H and O–H groups in total. The summed E-state index contributed by atoms with van der Waals surface area (Å²) in [5.41, 5.74) is 3.98. The number of nitrogens with zero attached hydrogens (tertiary/aromatic N) is 1. The molecule has 0 saturated heterocycles. The smallest absolute Gasteiger partial charge is 0.337 e. The fourth-order valence-electron chi connectivity index (χ4n) is 4.20. The summed E-state index contributed by atoms with van der Waals surface area (Å²) in [6.07, 6.45) is 0.675. The summed E-state index contributed by atoms with van der Waals surface area (Å²) in [5.74, 6) is 0.826. The number of hydrogen-bond donors (Lipinski definition) is 1. The SMILES string of the molecule is COC(=O)c1cccc(NC(=O)N2CCc3cc(OC)c(OC)cc3C2c2ccccc2)c1. The molecule has 2 amide bonds. The van der Waals surface area contributed by atoms with Gasteiger partial charge in [-0.25, -0.2) is 9.59 Å². The van der Waals surface area contributed by atoms with E-state index in [0.29, 0.717) is 35.7 Å². The fourth-order valence-corrected chi connectivity index (χ4v) is 4.20. The molecular formula is C26H26N2O5. The molecule has 170 valence electrons. The van der Waals surface area contributed by atoms with Gasteiger partial charge in [0.15, 0.2) is 11.5 Å². The lowest BCUT2D eigenvalue weighted by molar-refractivity contribution is 0.0600. The Bertz CT molecular complexity index is 1160. The van der Waals surface area contributed by atoms with Crippen LogP contribution in [0, 0.1) is 0 Å². The Hall–Kier alpha value is -4.00. The summed E-state index contributed by atoms with van der Waals surface area (Å²) in [6, 6.07) is 20.0. The van der Waals surface area contributed by atoms with Gasteiger partial charge in [0.05, 0.1) is 32.9 Å². The molecule has 1 unspecified atom stereocenters. The van der Waals surface area contributed by atoms with Crippen molar-refractivity contribution in [3.63, 3.8) is 0 Å². The molecule has 33 heavy (non-hydrogen) atoms. The molecule has 3 aromatic rings. The number of esters is 1. The second-order valence-corrected chi connectivity index (χ2v) is 7.67. The van der Waals surface area contributed by atoms with Crippen LogP contribution < -0.4 is 14.8 Å². The molecule has 0 aromatic heterocycles. The van der Waals surface area contributed by atoms with Crippen molar-refractivity contribution >= 4 is 17.7 Å². The van der Waals surface area contributed by atoms with Gasteiger partial charge < -0.3 is 24.4 Å². The maximum absolute atomic E-state index is 13.4. The highest BCUT2D eigenvalue weighted by Crippen LogP contribution is 2.41. The first-order valence-electron chi connectivity index (χ1n) is 10.6. The minimum absolute atomic E-state index is 0.258. The van der Waals surface area contributed by atoms with Gasteiger partial charge in [0.2, 0.25) is 0 Å². The van der Waals surface area contributed by atoms with Crippen LogP contribution in [0.1, 0.15) is 33.1 Å². The molecule has 1 atom stereocenters. The number of carbonyl (C=O) groups excluding carboxylic acids is 2. The van der Waals surface area contributed by atoms with Crippen molar-refractivity contribution in [2.24, 2.45) is 0 Å². The standard InChI is InChI=1S/C26H26N2O5/c1-31-22-15-18-12-13-28(26(30)27-20-11-7-10-19(14-20)25(29)33-3)24(17-8-5-4-6-9-17)21(18)16-23(22)32-2/h4-11,14-16,24H,12-13H2,1-3H3,(H,27,30). The summed E-state index contributed by atoms with van der Waals surface area (Å²) < 4.78 is 15.8. The van der Waals surface area contributed by atoms with Gasteiger partial charge in [-0.2, -0.15) is 0 Å². The Kier molecular flexibility index (Phi) is 6.49. The predicted molar refractivity (Wildman–Crippen MR) is 125 cm³/mol. The molecule has 0 radical (unpaired) electrons. The van der Waals surface area contributed by atoms with Gasteiger partial charge in [-0.3, -0.25) is 0 Å². The van der Waals surface area contributed by atoms with E-state index in [2.05, 4.69) is 5.32 Å². The van der Waals surface area contributed by atoms with E-state index >= 15 is 0 Å². The molecule has 0 bridgehead atoms. The molecule has 1 heterocycles. The van der Waals surface area contributed by atoms with E-state index < -0.39 is 5.97 Å². The molecule has 1 aliphatic rings. The van der Waals surface area contributed by atoms with Crippen LogP contribution in [0.25, 0.3) is 0 Å². The van der Waals surface area contributed by atoms with Crippen molar-refractivity contribution in [3.8, 4) is 11.5 Å². The number of amides is 2. The van der Waals surface area contributed by atoms with Crippen molar-refractivity contribution in [2.75, 3.05) is 33.2 Å². The predicted octanol–water partition coefficient (Wildman–Crippen LogP) is 4.67. The van der Waals surface area contributed by atoms with Gasteiger partial charge in [-0.05, 0) is 53.4 Å². The van der Waals surface area contributed by atoms with Crippen LogP contribution >= 0.6 is 0 Å². The number of nitrogens with one attached hydrogen (secondary N) is 1. The van der Waals surface area contributed by atoms with Crippen molar-refractivity contribution < 1.29 is 23.8 Å². The second kappa shape index (κ2) is 9.65. The van der Waals surface area contributed by atoms with E-state index in [-0.39, 0.29) is 12.1 Å². The van der Waals surface area contributed by atoms with Gasteiger partial charge in [-0.15, -0.1) is 0 Å². The summed E-state index contributed by atoms with van der Waals surface area (Å²) in [5, 5.41) is 2.94. The van der Waals surface area contributed by atoms with Crippen LogP contribution in [0.2, 0.25) is 0 Å². The maximum Gasteiger partial charge on any atom is 0.337 e. The highest BCUT2D eigenvalue weighted by molar-refractivity contribution is 5.94. The Morgan fingerprint density at radius 3 is 2.33 bits per heavy atom. The summed E-state index contributed by atoms with van der Waals surface area (Å²) >= 11 is 0. The van der Waals surface area contributed by atoms with Crippen molar-refractivity contribution in [1.82, 2.24) is 4.90 Å². The number of fused-ring (bicyclic) bond motifs is 1. The van der Waals surface area contributed by atoms with Crippen LogP contribution in [0.15, 0.2) is 66.7 Å². The highest BCUT2D eigenvalue weighted by atomic mass is 16.5. The zero-order valence-electron chi connectivity index (χ0n) is 18.8. The first-order chi connectivity index (χ1) is 16.0. The third-order valence-corrected chi connectivity index (χ3v) is 5.78. The van der Waals surface area contributed by atoms with E-state index in [1.165, 1.54) is 7.11 Å². The fraction of sp³-hybridized carbons (Fsp3) is 0.231. The normalized spacial score (nSPS) is 14.8. The number of ether oxygens (including phenoxy) is 3. The Morgan fingerprint density at radius 1 is 0.909 bits per heavy atom. The van der Waals surface area contributed by atoms with E-state index in [4.69, 9.17) is 14.2 Å². The largest absolute Gasteiger partial charge is 0.493 e. The molecule has 0 saturated carbocycles. The van der Waals surface area contributed by atoms with Crippen molar-refractivity contribution in [2.45, 2.75) is 12.5 Å². The average Bonchev–Trinajstić information content (AvgIpc) is 2.87. The zero-order valence-corrected chi connectivity index (χ0v) is 18.8. The molecule has 1 aliphatic heterocycles. The molecule has 7 heteroatoms. The van der Waals surface area contributed by atoms with E-state index in [1.807, 2.05) is 42.5 Å². The minimum atomic E-state index is -0.457. The minimum Gasteiger partial charge on any atom is -0.493 e. The van der Waals surface area contributed by atoms with E-state index in [9.17, 15) is 9.59 Å². The molecular weight excluding hydrogens is 420 g/mol. The molecule has 0 fully saturated rings. The maximum atomic E-state index is 13.4. The van der Waals surface area contributed by atoms with Crippen molar-refractivity contribution in [3.05, 3.63) is 89.0 Å². The third-order valence-electron chi connectivity index (χ3n) is 5.78. The Labute approximate surface area is 192 Å². The summed E-state index contributed by atoms with van der Waals surface area (Å²) in [6.45, 7) is 0.518. The number of anilines is 1. The molecule has 4 rings (SSSR count). The van der Waals surface area contributed by atoms with Gasteiger partial charge in [0.25, 0.3) is 0 Å². The van der Waals surface area contributed by atoms with Crippen LogP contribution in [0.3, 0.4) is 0 Å². The van der Waals surface area contributed by atoms with E-state index in [0.717, 1.165) is 16.7 Å². The number of urea groups is 1. The van der Waals surface area contributed by atoms with Crippen LogP contribution in [0.4, 0.5) is 10.5 Å². The summed E-state index contributed by atoms with van der Waals surface area (Å²) in [7, 11) is 4.54.